The van der Waals surface area contributed by atoms with Gasteiger partial charge in [0.25, 0.3) is 11.1 Å². The van der Waals surface area contributed by atoms with Crippen LogP contribution in [-0.4, -0.2) is 163 Å². The smallest absolute Gasteiger partial charge is 0.280 e. The summed E-state index contributed by atoms with van der Waals surface area (Å²) in [5.74, 6) is 1.26. The summed E-state index contributed by atoms with van der Waals surface area (Å²) in [4.78, 5) is 47.2. The molecule has 0 radical (unpaired) electrons. The second-order valence-electron chi connectivity index (χ2n) is 16.7. The highest BCUT2D eigenvalue weighted by molar-refractivity contribution is 7.47. The second-order valence-corrected chi connectivity index (χ2v) is 18.2. The number of imidazole rings is 2. The van der Waals surface area contributed by atoms with Crippen LogP contribution in [0.3, 0.4) is 0 Å². The maximum atomic E-state index is 16.4. The summed E-state index contributed by atoms with van der Waals surface area (Å²) in [6.07, 6.45) is -4.71. The summed E-state index contributed by atoms with van der Waals surface area (Å²) < 4.78 is 73.0. The molecule has 21 nitrogen and oxygen atoms in total. The van der Waals surface area contributed by atoms with Crippen molar-refractivity contribution < 1.29 is 44.2 Å². The van der Waals surface area contributed by atoms with E-state index in [1.807, 2.05) is 34.6 Å². The normalized spacial score (nSPS) is 24.0. The lowest BCUT2D eigenvalue weighted by Gasteiger charge is -2.43. The Morgan fingerprint density at radius 2 is 1.41 bits per heavy atom. The molecule has 2 aliphatic heterocycles. The van der Waals surface area contributed by atoms with E-state index in [0.29, 0.717) is 37.5 Å². The Labute approximate surface area is 390 Å². The predicted molar refractivity (Wildman–Crippen MR) is 254 cm³/mol. The van der Waals surface area contributed by atoms with Crippen LogP contribution in [0.2, 0.25) is 0 Å². The summed E-state index contributed by atoms with van der Waals surface area (Å²) >= 11 is 0. The van der Waals surface area contributed by atoms with Crippen LogP contribution in [0.15, 0.2) is 22.2 Å². The number of aromatic amines is 2. The van der Waals surface area contributed by atoms with Gasteiger partial charge in [-0.25, -0.2) is 28.5 Å². The monoisotopic (exact) mass is 966 g/mol. The van der Waals surface area contributed by atoms with Crippen LogP contribution in [0.5, 0.6) is 0 Å². The molecule has 2 saturated heterocycles. The fourth-order valence-corrected chi connectivity index (χ4v) is 8.92. The highest BCUT2D eigenvalue weighted by Gasteiger charge is 2.45. The molecule has 6 heterocycles. The fourth-order valence-electron chi connectivity index (χ4n) is 7.05. The van der Waals surface area contributed by atoms with Crippen molar-refractivity contribution in [3.8, 4) is 0 Å². The largest absolute Gasteiger partial charge is 0.400 e. The molecular formula is C42H77F2N12O9P. The van der Waals surface area contributed by atoms with Crippen LogP contribution >= 0.6 is 8.45 Å². The van der Waals surface area contributed by atoms with E-state index in [9.17, 15) is 19.1 Å². The number of halogens is 2. The predicted octanol–water partition coefficient (Wildman–Crippen LogP) is 4.50. The molecule has 0 bridgehead atoms. The van der Waals surface area contributed by atoms with E-state index >= 15 is 4.39 Å². The van der Waals surface area contributed by atoms with Crippen LogP contribution in [0.4, 0.5) is 20.7 Å². The fraction of sp³-hybridized carbons (Fsp3) is 0.762. The number of anilines is 2. The topological polar surface area (TPSA) is 264 Å². The maximum Gasteiger partial charge on any atom is 0.280 e. The molecule has 66 heavy (non-hydrogen) atoms. The Balaban J connectivity index is 0.000000458. The number of aliphatic hydroxyl groups excluding tert-OH is 3. The zero-order valence-electron chi connectivity index (χ0n) is 40.3. The van der Waals surface area contributed by atoms with Gasteiger partial charge in [-0.1, -0.05) is 42.5 Å². The van der Waals surface area contributed by atoms with Crippen molar-refractivity contribution in [3.63, 3.8) is 0 Å². The van der Waals surface area contributed by atoms with Gasteiger partial charge in [-0.05, 0) is 53.4 Å². The number of fused-ring (bicyclic) bond motifs is 2. The molecule has 2 aliphatic rings. The van der Waals surface area contributed by atoms with Gasteiger partial charge in [-0.15, -0.1) is 0 Å². The lowest BCUT2D eigenvalue weighted by atomic mass is 9.99. The minimum atomic E-state index is -1.68. The zero-order valence-corrected chi connectivity index (χ0v) is 39.2. The molecular weight excluding hydrogens is 886 g/mol. The Hall–Kier alpha value is -3.77. The average Bonchev–Trinajstić information content (AvgIpc) is 3.89. The molecule has 4 aromatic heterocycles. The molecule has 4 aromatic rings. The van der Waals surface area contributed by atoms with Gasteiger partial charge in [0, 0.05) is 40.3 Å². The van der Waals surface area contributed by atoms with Crippen molar-refractivity contribution >= 4 is 42.7 Å². The lowest BCUT2D eigenvalue weighted by molar-refractivity contribution is -0.148. The first-order valence-corrected chi connectivity index (χ1v) is 22.7. The van der Waals surface area contributed by atoms with Crippen molar-refractivity contribution in [1.29, 1.82) is 1.43 Å². The number of nitrogens with zero attached hydrogens (tertiary/aromatic N) is 7. The van der Waals surface area contributed by atoms with Crippen molar-refractivity contribution in [2.75, 3.05) is 64.0 Å². The summed E-state index contributed by atoms with van der Waals surface area (Å²) in [6, 6.07) is -1.49. The Kier molecular flexibility index (Phi) is 22.7. The molecule has 0 spiro atoms. The van der Waals surface area contributed by atoms with E-state index < -0.39 is 75.0 Å². The first-order chi connectivity index (χ1) is 31.4. The zero-order chi connectivity index (χ0) is 48.8. The van der Waals surface area contributed by atoms with E-state index in [2.05, 4.69) is 83.1 Å². The lowest BCUT2D eigenvalue weighted by Crippen LogP contribution is -2.50. The standard InChI is InChI=1S/C24H43FN7O4P.C15H22FN5O4.CH4O.2CH4/c1-9-34-13-28-37(32(15(4)5)16(6)7)36-21-17(8)35-11-18(19(21)25)31-12-27-20-22(31)29-24(30-23(20)33)26-10-14(2)3;1-7(2)3-17-15-19-13-11(14(24)20-15)18-6-21(13)8-5-25-9(4-22)12(23)10(8)16;1-2;;/h12,14-19,21,28H,9-11,13H2,1-8H3,(H2,26,29,30,33);6-10,12,22-23H,3-5H2,1-2H3,(H2,17,19,20,24);2H,1H3;2*1H4/i8D;;2T;;. The van der Waals surface area contributed by atoms with Crippen molar-refractivity contribution in [2.24, 2.45) is 11.8 Å². The quantitative estimate of drug-likeness (QED) is 0.0388. The Morgan fingerprint density at radius 3 is 1.85 bits per heavy atom. The SMILES string of the molecule is C.C.CC(C)CNc1nc2c(ncn2C2COC(CO)C(O)C2F)c(=O)[nH]1.[2H]CC1OCC(n2cnc3c(=O)[nH]c(NCC(C)C)nc32)C(F)C1OP(NCOCC)N(C(C)C)C(C)C.[3H]OC. The average molecular weight is 966 g/mol. The molecule has 0 aliphatic carbocycles. The van der Waals surface area contributed by atoms with E-state index in [4.69, 9.17) is 26.6 Å². The van der Waals surface area contributed by atoms with Crippen LogP contribution in [0.25, 0.3) is 22.3 Å². The van der Waals surface area contributed by atoms with E-state index in [1.165, 1.54) is 24.3 Å². The van der Waals surface area contributed by atoms with Crippen LogP contribution in [-0.2, 0) is 18.7 Å². The molecule has 0 aromatic carbocycles. The van der Waals surface area contributed by atoms with Gasteiger partial charge >= 0.3 is 0 Å². The minimum absolute atomic E-state index is 0. The number of H-pyrrole nitrogens is 2. The molecule has 0 saturated carbocycles. The number of aromatic nitrogens is 8. The van der Waals surface area contributed by atoms with Crippen molar-refractivity contribution in [2.45, 2.75) is 145 Å². The summed E-state index contributed by atoms with van der Waals surface area (Å²) in [7, 11) is -0.188. The number of alkyl halides is 2. The number of aliphatic hydroxyl groups is 3. The molecule has 0 amide bonds. The van der Waals surface area contributed by atoms with Gasteiger partial charge in [0.2, 0.25) is 13.3 Å². The number of nitrogens with one attached hydrogen (secondary N) is 5. The Morgan fingerprint density at radius 1 is 0.924 bits per heavy atom. The van der Waals surface area contributed by atoms with Gasteiger partial charge < -0.3 is 53.8 Å². The highest BCUT2D eigenvalue weighted by Crippen LogP contribution is 2.45. The van der Waals surface area contributed by atoms with Gasteiger partial charge in [0.05, 0.1) is 50.7 Å². The van der Waals surface area contributed by atoms with Crippen LogP contribution in [0, 0.1) is 11.8 Å². The third-order valence-electron chi connectivity index (χ3n) is 10.2. The van der Waals surface area contributed by atoms with Crippen LogP contribution in [0.1, 0.15) is 97.5 Å². The highest BCUT2D eigenvalue weighted by atomic mass is 31.2. The third kappa shape index (κ3) is 14.4. The van der Waals surface area contributed by atoms with Gasteiger partial charge in [0.15, 0.2) is 43.1 Å². The van der Waals surface area contributed by atoms with Gasteiger partial charge in [-0.3, -0.25) is 19.6 Å². The molecule has 9 atom stereocenters. The number of hydrogen-bond donors (Lipinski definition) is 8. The van der Waals surface area contributed by atoms with E-state index in [1.54, 1.807) is 4.57 Å². The third-order valence-corrected chi connectivity index (χ3v) is 12.4. The Bertz CT molecular complexity index is 2180. The molecule has 378 valence electrons. The number of rotatable bonds is 18. The first-order valence-electron chi connectivity index (χ1n) is 22.6. The van der Waals surface area contributed by atoms with Crippen LogP contribution < -0.4 is 26.8 Å². The first kappa shape index (κ1) is 54.8. The second kappa shape index (κ2) is 27.3. The molecule has 9 unspecified atom stereocenters. The maximum absolute atomic E-state index is 16.4. The van der Waals surface area contributed by atoms with E-state index in [0.717, 1.165) is 0 Å². The molecule has 2 fully saturated rings. The summed E-state index contributed by atoms with van der Waals surface area (Å²) in [5, 5.41) is 32.0. The summed E-state index contributed by atoms with van der Waals surface area (Å²) in [5.41, 5.74) is -0.157. The van der Waals surface area contributed by atoms with Gasteiger partial charge in [-0.2, -0.15) is 9.97 Å². The molecule has 8 N–H and O–H groups in total. The molecule has 6 rings (SSSR count). The minimum Gasteiger partial charge on any atom is -0.400 e. The molecule has 24 heteroatoms. The summed E-state index contributed by atoms with van der Waals surface area (Å²) in [6.45, 7) is 19.6. The number of hydrogen-bond acceptors (Lipinski definition) is 17. The van der Waals surface area contributed by atoms with Crippen molar-refractivity contribution in [1.82, 2.24) is 48.8 Å². The number of ether oxygens (including phenoxy) is 3. The van der Waals surface area contributed by atoms with Gasteiger partial charge in [0.1, 0.15) is 25.0 Å². The van der Waals surface area contributed by atoms with Crippen molar-refractivity contribution in [3.05, 3.63) is 33.4 Å². The van der Waals surface area contributed by atoms with E-state index in [-0.39, 0.29) is 82.1 Å².